The first-order chi connectivity index (χ1) is 13.6. The van der Waals surface area contributed by atoms with Crippen LogP contribution in [0.15, 0.2) is 30.3 Å². The minimum Gasteiger partial charge on any atom is -0.494 e. The van der Waals surface area contributed by atoms with Gasteiger partial charge in [-0.3, -0.25) is 4.90 Å². The third-order valence-electron chi connectivity index (χ3n) is 5.07. The van der Waals surface area contributed by atoms with Crippen LogP contribution in [0.1, 0.15) is 24.6 Å². The minimum absolute atomic E-state index is 0.175. The molecule has 2 N–H and O–H groups in total. The van der Waals surface area contributed by atoms with E-state index in [9.17, 15) is 5.11 Å². The molecule has 28 heavy (non-hydrogen) atoms. The Hall–Kier alpha value is -2.38. The Labute approximate surface area is 167 Å². The lowest BCUT2D eigenvalue weighted by molar-refractivity contribution is 0.135. The summed E-state index contributed by atoms with van der Waals surface area (Å²) in [5.41, 5.74) is 2.20. The molecule has 2 heterocycles. The molecule has 0 unspecified atom stereocenters. The van der Waals surface area contributed by atoms with Crippen molar-refractivity contribution in [3.8, 4) is 5.75 Å². The molecule has 1 atom stereocenters. The van der Waals surface area contributed by atoms with Gasteiger partial charge in [0.05, 0.1) is 6.61 Å². The van der Waals surface area contributed by atoms with E-state index in [1.165, 1.54) is 5.56 Å². The van der Waals surface area contributed by atoms with E-state index in [2.05, 4.69) is 37.2 Å². The molecule has 1 aliphatic heterocycles. The van der Waals surface area contributed by atoms with Crippen molar-refractivity contribution < 1.29 is 9.84 Å². The van der Waals surface area contributed by atoms with Crippen LogP contribution in [0.4, 0.5) is 11.8 Å². The molecule has 7 heteroatoms. The number of nitrogens with one attached hydrogen (secondary N) is 1. The minimum atomic E-state index is 0.175. The summed E-state index contributed by atoms with van der Waals surface area (Å²) < 4.78 is 5.53. The standard InChI is InChI=1S/C21H31N5O2/c1-4-28-19-7-5-17(6-8-19)14-25-10-11-26(15-18(25)9-12-27)21-23-16(2)13-20(22-3)24-21/h5-8,13,18,27H,4,9-12,14-15H2,1-3H3,(H,22,23,24)/t18-/m1/s1. The maximum atomic E-state index is 9.58. The Morgan fingerprint density at radius 1 is 1.21 bits per heavy atom. The van der Waals surface area contributed by atoms with Crippen molar-refractivity contribution in [2.45, 2.75) is 32.9 Å². The average molecular weight is 386 g/mol. The molecule has 1 aliphatic rings. The predicted molar refractivity (Wildman–Crippen MR) is 112 cm³/mol. The van der Waals surface area contributed by atoms with E-state index in [-0.39, 0.29) is 12.6 Å². The second kappa shape index (κ2) is 9.71. The van der Waals surface area contributed by atoms with E-state index >= 15 is 0 Å². The van der Waals surface area contributed by atoms with E-state index in [1.807, 2.05) is 39.1 Å². The van der Waals surface area contributed by atoms with E-state index in [0.717, 1.165) is 55.8 Å². The molecule has 1 saturated heterocycles. The smallest absolute Gasteiger partial charge is 0.227 e. The average Bonchev–Trinajstić information content (AvgIpc) is 2.70. The molecular formula is C21H31N5O2. The number of aryl methyl sites for hydroxylation is 1. The summed E-state index contributed by atoms with van der Waals surface area (Å²) in [4.78, 5) is 13.9. The molecule has 0 radical (unpaired) electrons. The highest BCUT2D eigenvalue weighted by Crippen LogP contribution is 2.22. The number of ether oxygens (including phenoxy) is 1. The lowest BCUT2D eigenvalue weighted by Crippen LogP contribution is -2.53. The van der Waals surface area contributed by atoms with Crippen molar-refractivity contribution in [3.05, 3.63) is 41.6 Å². The molecule has 1 fully saturated rings. The number of aliphatic hydroxyl groups is 1. The quantitative estimate of drug-likeness (QED) is 0.722. The molecule has 1 aromatic heterocycles. The van der Waals surface area contributed by atoms with Crippen LogP contribution in [0.25, 0.3) is 0 Å². The van der Waals surface area contributed by atoms with Crippen molar-refractivity contribution in [1.82, 2.24) is 14.9 Å². The van der Waals surface area contributed by atoms with E-state index in [4.69, 9.17) is 4.74 Å². The van der Waals surface area contributed by atoms with Crippen molar-refractivity contribution >= 4 is 11.8 Å². The van der Waals surface area contributed by atoms with Crippen LogP contribution < -0.4 is 15.0 Å². The summed E-state index contributed by atoms with van der Waals surface area (Å²) in [6.45, 7) is 8.27. The van der Waals surface area contributed by atoms with Gasteiger partial charge in [-0.2, -0.15) is 4.98 Å². The van der Waals surface area contributed by atoms with Gasteiger partial charge in [0.15, 0.2) is 0 Å². The number of piperazine rings is 1. The van der Waals surface area contributed by atoms with Gasteiger partial charge in [-0.25, -0.2) is 4.98 Å². The number of rotatable bonds is 8. The molecule has 152 valence electrons. The van der Waals surface area contributed by atoms with Crippen LogP contribution in [0.2, 0.25) is 0 Å². The first-order valence-electron chi connectivity index (χ1n) is 9.98. The highest BCUT2D eigenvalue weighted by Gasteiger charge is 2.28. The van der Waals surface area contributed by atoms with Crippen LogP contribution in [0, 0.1) is 6.92 Å². The molecule has 3 rings (SSSR count). The molecule has 1 aromatic carbocycles. The molecule has 0 bridgehead atoms. The van der Waals surface area contributed by atoms with Gasteiger partial charge in [0.2, 0.25) is 5.95 Å². The fraction of sp³-hybridized carbons (Fsp3) is 0.524. The number of aromatic nitrogens is 2. The van der Waals surface area contributed by atoms with Gasteiger partial charge in [-0.05, 0) is 38.0 Å². The van der Waals surface area contributed by atoms with Crippen molar-refractivity contribution in [2.75, 3.05) is 50.1 Å². The fourth-order valence-corrected chi connectivity index (χ4v) is 3.62. The molecular weight excluding hydrogens is 354 g/mol. The summed E-state index contributed by atoms with van der Waals surface area (Å²) in [5, 5.41) is 12.7. The summed E-state index contributed by atoms with van der Waals surface area (Å²) in [5.74, 6) is 2.49. The van der Waals surface area contributed by atoms with Gasteiger partial charge >= 0.3 is 0 Å². The Bertz CT molecular complexity index is 753. The SMILES string of the molecule is CCOc1ccc(CN2CCN(c3nc(C)cc(NC)n3)C[C@H]2CCO)cc1. The Kier molecular flexibility index (Phi) is 7.06. The zero-order valence-electron chi connectivity index (χ0n) is 17.1. The van der Waals surface area contributed by atoms with Gasteiger partial charge < -0.3 is 20.1 Å². The highest BCUT2D eigenvalue weighted by atomic mass is 16.5. The van der Waals surface area contributed by atoms with E-state index in [1.54, 1.807) is 0 Å². The topological polar surface area (TPSA) is 73.8 Å². The first-order valence-corrected chi connectivity index (χ1v) is 9.98. The molecule has 0 aliphatic carbocycles. The monoisotopic (exact) mass is 385 g/mol. The summed E-state index contributed by atoms with van der Waals surface area (Å²) >= 11 is 0. The van der Waals surface area contributed by atoms with Crippen molar-refractivity contribution in [2.24, 2.45) is 0 Å². The predicted octanol–water partition coefficient (Wildman–Crippen LogP) is 2.30. The maximum absolute atomic E-state index is 9.58. The lowest BCUT2D eigenvalue weighted by atomic mass is 10.1. The van der Waals surface area contributed by atoms with Crippen molar-refractivity contribution in [1.29, 1.82) is 0 Å². The number of benzene rings is 1. The summed E-state index contributed by atoms with van der Waals surface area (Å²) in [7, 11) is 1.87. The second-order valence-corrected chi connectivity index (χ2v) is 7.10. The maximum Gasteiger partial charge on any atom is 0.227 e. The van der Waals surface area contributed by atoms with Gasteiger partial charge in [-0.1, -0.05) is 12.1 Å². The number of nitrogens with zero attached hydrogens (tertiary/aromatic N) is 4. The Balaban J connectivity index is 1.69. The Morgan fingerprint density at radius 3 is 2.68 bits per heavy atom. The van der Waals surface area contributed by atoms with Gasteiger partial charge in [-0.15, -0.1) is 0 Å². The third-order valence-corrected chi connectivity index (χ3v) is 5.07. The zero-order chi connectivity index (χ0) is 19.9. The third kappa shape index (κ3) is 5.11. The molecule has 2 aromatic rings. The summed E-state index contributed by atoms with van der Waals surface area (Å²) in [6, 6.07) is 10.5. The molecule has 0 saturated carbocycles. The number of hydrogen-bond donors (Lipinski definition) is 2. The molecule has 7 nitrogen and oxygen atoms in total. The normalized spacial score (nSPS) is 17.6. The van der Waals surface area contributed by atoms with Crippen LogP contribution >= 0.6 is 0 Å². The van der Waals surface area contributed by atoms with Crippen LogP contribution in [0.3, 0.4) is 0 Å². The molecule has 0 amide bonds. The fourth-order valence-electron chi connectivity index (χ4n) is 3.62. The number of aliphatic hydroxyl groups excluding tert-OH is 1. The largest absolute Gasteiger partial charge is 0.494 e. The summed E-state index contributed by atoms with van der Waals surface area (Å²) in [6.07, 6.45) is 0.734. The Morgan fingerprint density at radius 2 is 2.00 bits per heavy atom. The van der Waals surface area contributed by atoms with Crippen LogP contribution in [-0.2, 0) is 6.54 Å². The van der Waals surface area contributed by atoms with E-state index < -0.39 is 0 Å². The first kappa shape index (κ1) is 20.4. The van der Waals surface area contributed by atoms with Crippen molar-refractivity contribution in [3.63, 3.8) is 0 Å². The number of hydrogen-bond acceptors (Lipinski definition) is 7. The lowest BCUT2D eigenvalue weighted by Gasteiger charge is -2.41. The van der Waals surface area contributed by atoms with Gasteiger partial charge in [0, 0.05) is 57.6 Å². The van der Waals surface area contributed by atoms with E-state index in [0.29, 0.717) is 6.61 Å². The van der Waals surface area contributed by atoms with Gasteiger partial charge in [0.1, 0.15) is 11.6 Å². The van der Waals surface area contributed by atoms with Crippen LogP contribution in [-0.4, -0.2) is 65.9 Å². The number of anilines is 2. The highest BCUT2D eigenvalue weighted by molar-refractivity contribution is 5.43. The zero-order valence-corrected chi connectivity index (χ0v) is 17.1. The van der Waals surface area contributed by atoms with Gasteiger partial charge in [0.25, 0.3) is 0 Å². The molecule has 0 spiro atoms. The van der Waals surface area contributed by atoms with Crippen LogP contribution in [0.5, 0.6) is 5.75 Å². The second-order valence-electron chi connectivity index (χ2n) is 7.10.